The number of ether oxygens (including phenoxy) is 3. The first-order valence-electron chi connectivity index (χ1n) is 15.3. The van der Waals surface area contributed by atoms with Crippen molar-refractivity contribution in [3.05, 3.63) is 60.0 Å². The Morgan fingerprint density at radius 1 is 0.884 bits per heavy atom. The van der Waals surface area contributed by atoms with Crippen molar-refractivity contribution in [1.82, 2.24) is 19.8 Å². The number of imidazole rings is 1. The number of aromatic amines is 1. The molecule has 0 aliphatic carbocycles. The molecule has 0 radical (unpaired) electrons. The number of nitrogens with one attached hydrogen (secondary N) is 1. The Balaban J connectivity index is 1.16. The van der Waals surface area contributed by atoms with Crippen molar-refractivity contribution in [3.63, 3.8) is 0 Å². The molecule has 2 aromatic carbocycles. The summed E-state index contributed by atoms with van der Waals surface area (Å²) in [6, 6.07) is 19.0. The third-order valence-corrected chi connectivity index (χ3v) is 10.1. The zero-order valence-electron chi connectivity index (χ0n) is 24.8. The van der Waals surface area contributed by atoms with Gasteiger partial charge >= 0.3 is 6.09 Å². The Bertz CT molecular complexity index is 1530. The number of amides is 1. The topological polar surface area (TPSA) is 79.9 Å². The van der Waals surface area contributed by atoms with Crippen molar-refractivity contribution < 1.29 is 19.0 Å². The molecular weight excluding hydrogens is 560 g/mol. The second kappa shape index (κ2) is 12.1. The summed E-state index contributed by atoms with van der Waals surface area (Å²) in [6.07, 6.45) is 7.70. The fourth-order valence-corrected chi connectivity index (χ4v) is 7.92. The smallest absolute Gasteiger partial charge is 0.416 e. The van der Waals surface area contributed by atoms with Gasteiger partial charge in [0.15, 0.2) is 11.5 Å². The highest BCUT2D eigenvalue weighted by Gasteiger charge is 2.46. The molecule has 224 valence electrons. The molecule has 2 bridgehead atoms. The molecule has 9 heteroatoms. The molecule has 8 nitrogen and oxygen atoms in total. The van der Waals surface area contributed by atoms with Crippen molar-refractivity contribution in [3.8, 4) is 50.5 Å². The van der Waals surface area contributed by atoms with Crippen LogP contribution in [-0.2, 0) is 0 Å². The number of H-pyrrole nitrogens is 1. The number of benzene rings is 2. The van der Waals surface area contributed by atoms with Gasteiger partial charge < -0.3 is 29.0 Å². The molecule has 43 heavy (non-hydrogen) atoms. The van der Waals surface area contributed by atoms with Gasteiger partial charge in [0.25, 0.3) is 0 Å². The van der Waals surface area contributed by atoms with Crippen LogP contribution in [0.25, 0.3) is 33.2 Å². The highest BCUT2D eigenvalue weighted by molar-refractivity contribution is 7.13. The number of aromatic nitrogens is 2. The van der Waals surface area contributed by atoms with Crippen molar-refractivity contribution in [2.45, 2.75) is 63.1 Å². The number of likely N-dealkylation sites (tertiary alicyclic amines) is 1. The standard InChI is InChI=1S/C34H38N4O4S/c1-40-27-18-23(33-35-30(22-10-5-3-6-11-22)31(36-33)29-12-9-17-43-29)19-28(41-2)32(27)42-34(39)38-24-13-14-25(38)21-26(20-24)37-15-7-4-8-16-37/h3,5-6,9-12,17-19,24-26H,4,7-8,13-16,20-21H2,1-2H3,(H,35,36). The number of piperidine rings is 2. The normalized spacial score (nSPS) is 22.0. The monoisotopic (exact) mass is 598 g/mol. The van der Waals surface area contributed by atoms with E-state index in [-0.39, 0.29) is 18.2 Å². The first-order chi connectivity index (χ1) is 21.1. The van der Waals surface area contributed by atoms with Crippen molar-refractivity contribution >= 4 is 17.4 Å². The second-order valence-corrected chi connectivity index (χ2v) is 12.7. The number of methoxy groups -OCH3 is 2. The van der Waals surface area contributed by atoms with E-state index in [1.807, 2.05) is 41.3 Å². The van der Waals surface area contributed by atoms with Crippen LogP contribution >= 0.6 is 11.3 Å². The summed E-state index contributed by atoms with van der Waals surface area (Å²) in [5, 5.41) is 2.05. The lowest BCUT2D eigenvalue weighted by Gasteiger charge is -2.43. The summed E-state index contributed by atoms with van der Waals surface area (Å²) >= 11 is 1.65. The fraction of sp³-hybridized carbons (Fsp3) is 0.412. The molecule has 3 aliphatic heterocycles. The quantitative estimate of drug-likeness (QED) is 0.238. The number of hydrogen-bond acceptors (Lipinski definition) is 7. The van der Waals surface area contributed by atoms with Crippen molar-refractivity contribution in [2.24, 2.45) is 0 Å². The van der Waals surface area contributed by atoms with Crippen LogP contribution in [0.1, 0.15) is 44.9 Å². The molecule has 5 heterocycles. The van der Waals surface area contributed by atoms with Gasteiger partial charge in [-0.3, -0.25) is 0 Å². The first kappa shape index (κ1) is 28.0. The Hall–Kier alpha value is -3.82. The number of hydrogen-bond donors (Lipinski definition) is 1. The molecule has 1 N–H and O–H groups in total. The lowest BCUT2D eigenvalue weighted by Crippen LogP contribution is -2.54. The molecule has 2 aromatic heterocycles. The fourth-order valence-electron chi connectivity index (χ4n) is 7.20. The number of thiophene rings is 1. The zero-order chi connectivity index (χ0) is 29.3. The SMILES string of the molecule is COc1cc(-c2nc(-c3cccs3)c(-c3ccccc3)[nH]2)cc(OC)c1OC(=O)N1C2CCC1CC(N1CCCCC1)C2. The molecule has 4 aromatic rings. The van der Waals surface area contributed by atoms with E-state index < -0.39 is 0 Å². The molecule has 3 saturated heterocycles. The molecule has 7 rings (SSSR count). The maximum atomic E-state index is 13.7. The van der Waals surface area contributed by atoms with E-state index >= 15 is 0 Å². The lowest BCUT2D eigenvalue weighted by molar-refractivity contribution is 0.0515. The van der Waals surface area contributed by atoms with E-state index in [0.29, 0.717) is 29.1 Å². The average molecular weight is 599 g/mol. The minimum absolute atomic E-state index is 0.213. The van der Waals surface area contributed by atoms with Crippen LogP contribution in [0.15, 0.2) is 60.0 Å². The third-order valence-electron chi connectivity index (χ3n) is 9.27. The number of carbonyl (C=O) groups excluding carboxylic acids is 1. The Kier molecular flexibility index (Phi) is 7.84. The zero-order valence-corrected chi connectivity index (χ0v) is 25.6. The molecule has 0 spiro atoms. The first-order valence-corrected chi connectivity index (χ1v) is 16.2. The molecule has 2 atom stereocenters. The van der Waals surface area contributed by atoms with Crippen LogP contribution in [-0.4, -0.2) is 71.3 Å². The summed E-state index contributed by atoms with van der Waals surface area (Å²) in [6.45, 7) is 2.37. The summed E-state index contributed by atoms with van der Waals surface area (Å²) < 4.78 is 17.7. The van der Waals surface area contributed by atoms with Gasteiger partial charge in [-0.1, -0.05) is 42.8 Å². The van der Waals surface area contributed by atoms with Crippen LogP contribution in [0.3, 0.4) is 0 Å². The predicted molar refractivity (Wildman–Crippen MR) is 169 cm³/mol. The Morgan fingerprint density at radius 2 is 1.58 bits per heavy atom. The molecule has 3 aliphatic rings. The summed E-state index contributed by atoms with van der Waals surface area (Å²) in [7, 11) is 3.16. The Labute approximate surface area is 256 Å². The van der Waals surface area contributed by atoms with Crippen LogP contribution in [0.5, 0.6) is 17.2 Å². The Morgan fingerprint density at radius 3 is 2.21 bits per heavy atom. The van der Waals surface area contributed by atoms with Crippen LogP contribution in [0.2, 0.25) is 0 Å². The van der Waals surface area contributed by atoms with E-state index in [9.17, 15) is 4.79 Å². The summed E-state index contributed by atoms with van der Waals surface area (Å²) in [5.41, 5.74) is 3.65. The highest BCUT2D eigenvalue weighted by atomic mass is 32.1. The average Bonchev–Trinajstić information content (AvgIpc) is 3.80. The largest absolute Gasteiger partial charge is 0.493 e. The van der Waals surface area contributed by atoms with Crippen molar-refractivity contribution in [1.29, 1.82) is 0 Å². The van der Waals surface area contributed by atoms with Crippen LogP contribution in [0.4, 0.5) is 4.79 Å². The van der Waals surface area contributed by atoms with E-state index in [4.69, 9.17) is 19.2 Å². The molecule has 2 unspecified atom stereocenters. The predicted octanol–water partition coefficient (Wildman–Crippen LogP) is 7.47. The highest BCUT2D eigenvalue weighted by Crippen LogP contribution is 2.45. The lowest BCUT2D eigenvalue weighted by atomic mass is 9.94. The molecule has 3 fully saturated rings. The number of rotatable bonds is 7. The van der Waals surface area contributed by atoms with Gasteiger partial charge in [-0.25, -0.2) is 9.78 Å². The van der Waals surface area contributed by atoms with E-state index in [1.54, 1.807) is 25.6 Å². The maximum Gasteiger partial charge on any atom is 0.416 e. The number of nitrogens with zero attached hydrogens (tertiary/aromatic N) is 3. The van der Waals surface area contributed by atoms with Gasteiger partial charge in [-0.2, -0.15) is 0 Å². The summed E-state index contributed by atoms with van der Waals surface area (Å²) in [4.78, 5) is 28.0. The van der Waals surface area contributed by atoms with Gasteiger partial charge in [0, 0.05) is 29.3 Å². The summed E-state index contributed by atoms with van der Waals surface area (Å²) in [5.74, 6) is 1.82. The van der Waals surface area contributed by atoms with Crippen LogP contribution in [0, 0.1) is 0 Å². The molecule has 0 saturated carbocycles. The van der Waals surface area contributed by atoms with Crippen LogP contribution < -0.4 is 14.2 Å². The number of fused-ring (bicyclic) bond motifs is 2. The number of carbonyl (C=O) groups is 1. The molecule has 1 amide bonds. The van der Waals surface area contributed by atoms with Gasteiger partial charge in [0.05, 0.1) is 24.8 Å². The van der Waals surface area contributed by atoms with Gasteiger partial charge in [-0.15, -0.1) is 11.3 Å². The van der Waals surface area contributed by atoms with Crippen molar-refractivity contribution in [2.75, 3.05) is 27.3 Å². The minimum atomic E-state index is -0.321. The minimum Gasteiger partial charge on any atom is -0.493 e. The van der Waals surface area contributed by atoms with Gasteiger partial charge in [0.1, 0.15) is 11.5 Å². The van der Waals surface area contributed by atoms with Gasteiger partial charge in [0.2, 0.25) is 5.75 Å². The van der Waals surface area contributed by atoms with E-state index in [1.165, 1.54) is 32.4 Å². The van der Waals surface area contributed by atoms with E-state index in [0.717, 1.165) is 53.1 Å². The maximum absolute atomic E-state index is 13.7. The third kappa shape index (κ3) is 5.40. The van der Waals surface area contributed by atoms with Gasteiger partial charge in [-0.05, 0) is 75.2 Å². The molecular formula is C34H38N4O4S. The second-order valence-electron chi connectivity index (χ2n) is 11.7. The van der Waals surface area contributed by atoms with E-state index in [2.05, 4.69) is 33.5 Å².